The largest absolute Gasteiger partial charge is 0.480 e. The number of rotatable bonds is 6. The Kier molecular flexibility index (Phi) is 4.44. The molecular formula is C19H20N2O2. The van der Waals surface area contributed by atoms with E-state index in [9.17, 15) is 9.90 Å². The fraction of sp³-hybridized carbons (Fsp3) is 0.211. The summed E-state index contributed by atoms with van der Waals surface area (Å²) in [5.74, 6) is -0.831. The van der Waals surface area contributed by atoms with Crippen molar-refractivity contribution >= 4 is 16.9 Å². The first-order chi connectivity index (χ1) is 11.1. The highest BCUT2D eigenvalue weighted by Crippen LogP contribution is 2.19. The number of aliphatic carboxylic acids is 1. The molecule has 0 fully saturated rings. The Morgan fingerprint density at radius 1 is 1.17 bits per heavy atom. The van der Waals surface area contributed by atoms with E-state index in [2.05, 4.69) is 10.3 Å². The lowest BCUT2D eigenvalue weighted by atomic mass is 10.0. The highest BCUT2D eigenvalue weighted by atomic mass is 16.4. The van der Waals surface area contributed by atoms with E-state index < -0.39 is 12.0 Å². The van der Waals surface area contributed by atoms with Crippen molar-refractivity contribution in [3.05, 3.63) is 71.4 Å². The van der Waals surface area contributed by atoms with Gasteiger partial charge in [-0.2, -0.15) is 0 Å². The zero-order valence-electron chi connectivity index (χ0n) is 13.0. The number of nitrogens with one attached hydrogen (secondary N) is 2. The lowest BCUT2D eigenvalue weighted by Gasteiger charge is -2.14. The van der Waals surface area contributed by atoms with E-state index in [0.717, 1.165) is 22.0 Å². The van der Waals surface area contributed by atoms with Gasteiger partial charge < -0.3 is 15.4 Å². The van der Waals surface area contributed by atoms with Gasteiger partial charge in [0, 0.05) is 30.1 Å². The van der Waals surface area contributed by atoms with Crippen LogP contribution in [0.1, 0.15) is 16.7 Å². The zero-order chi connectivity index (χ0) is 16.2. The Morgan fingerprint density at radius 2 is 1.91 bits per heavy atom. The second-order valence-electron chi connectivity index (χ2n) is 5.82. The van der Waals surface area contributed by atoms with Crippen molar-refractivity contribution in [3.63, 3.8) is 0 Å². The van der Waals surface area contributed by atoms with Gasteiger partial charge in [0.25, 0.3) is 0 Å². The lowest BCUT2D eigenvalue weighted by molar-refractivity contribution is -0.139. The molecule has 0 radical (unpaired) electrons. The summed E-state index contributed by atoms with van der Waals surface area (Å²) in [5, 5.41) is 13.7. The minimum absolute atomic E-state index is 0.450. The molecule has 1 atom stereocenters. The molecule has 23 heavy (non-hydrogen) atoms. The van der Waals surface area contributed by atoms with Gasteiger partial charge in [-0.15, -0.1) is 0 Å². The number of fused-ring (bicyclic) bond motifs is 1. The average molecular weight is 308 g/mol. The standard InChI is InChI=1S/C19H20N2O2/c1-13-6-8-14(9-7-13)11-20-18(19(22)23)10-15-12-21-17-5-3-2-4-16(15)17/h2-9,12,18,20-21H,10-11H2,1H3,(H,22,23). The third-order valence-corrected chi connectivity index (χ3v) is 4.07. The molecule has 3 N–H and O–H groups in total. The molecule has 118 valence electrons. The predicted octanol–water partition coefficient (Wildman–Crippen LogP) is 3.26. The summed E-state index contributed by atoms with van der Waals surface area (Å²) in [4.78, 5) is 14.8. The molecule has 4 heteroatoms. The average Bonchev–Trinajstić information content (AvgIpc) is 2.96. The van der Waals surface area contributed by atoms with Crippen molar-refractivity contribution in [1.29, 1.82) is 0 Å². The fourth-order valence-electron chi connectivity index (χ4n) is 2.71. The van der Waals surface area contributed by atoms with Crippen LogP contribution >= 0.6 is 0 Å². The fourth-order valence-corrected chi connectivity index (χ4v) is 2.71. The molecule has 3 rings (SSSR count). The Morgan fingerprint density at radius 3 is 2.65 bits per heavy atom. The van der Waals surface area contributed by atoms with Crippen LogP contribution in [0, 0.1) is 6.92 Å². The van der Waals surface area contributed by atoms with Crippen molar-refractivity contribution in [2.45, 2.75) is 25.9 Å². The van der Waals surface area contributed by atoms with E-state index in [0.29, 0.717) is 13.0 Å². The van der Waals surface area contributed by atoms with Crippen molar-refractivity contribution < 1.29 is 9.90 Å². The molecular weight excluding hydrogens is 288 g/mol. The Hall–Kier alpha value is -2.59. The smallest absolute Gasteiger partial charge is 0.321 e. The molecule has 4 nitrogen and oxygen atoms in total. The van der Waals surface area contributed by atoms with E-state index in [1.807, 2.05) is 61.7 Å². The third-order valence-electron chi connectivity index (χ3n) is 4.07. The second kappa shape index (κ2) is 6.67. The normalized spacial score (nSPS) is 12.4. The van der Waals surface area contributed by atoms with Crippen LogP contribution in [0.4, 0.5) is 0 Å². The summed E-state index contributed by atoms with van der Waals surface area (Å²) in [6.07, 6.45) is 2.35. The maximum absolute atomic E-state index is 11.6. The number of carboxylic acid groups (broad SMARTS) is 1. The van der Waals surface area contributed by atoms with Crippen LogP contribution in [0.3, 0.4) is 0 Å². The molecule has 0 amide bonds. The van der Waals surface area contributed by atoms with Gasteiger partial charge in [-0.1, -0.05) is 48.0 Å². The van der Waals surface area contributed by atoms with Crippen molar-refractivity contribution in [3.8, 4) is 0 Å². The van der Waals surface area contributed by atoms with Crippen molar-refractivity contribution in [2.75, 3.05) is 0 Å². The SMILES string of the molecule is Cc1ccc(CNC(Cc2c[nH]c3ccccc23)C(=O)O)cc1. The van der Waals surface area contributed by atoms with Gasteiger partial charge in [0.05, 0.1) is 0 Å². The summed E-state index contributed by atoms with van der Waals surface area (Å²) in [6, 6.07) is 15.4. The summed E-state index contributed by atoms with van der Waals surface area (Å²) >= 11 is 0. The van der Waals surface area contributed by atoms with E-state index in [-0.39, 0.29) is 0 Å². The molecule has 1 aromatic heterocycles. The minimum atomic E-state index is -0.831. The highest BCUT2D eigenvalue weighted by Gasteiger charge is 2.19. The maximum atomic E-state index is 11.6. The van der Waals surface area contributed by atoms with Gasteiger partial charge in [0.2, 0.25) is 0 Å². The van der Waals surface area contributed by atoms with E-state index >= 15 is 0 Å². The second-order valence-corrected chi connectivity index (χ2v) is 5.82. The first-order valence-corrected chi connectivity index (χ1v) is 7.70. The summed E-state index contributed by atoms with van der Waals surface area (Å²) < 4.78 is 0. The van der Waals surface area contributed by atoms with Gasteiger partial charge in [-0.25, -0.2) is 0 Å². The van der Waals surface area contributed by atoms with Crippen LogP contribution < -0.4 is 5.32 Å². The van der Waals surface area contributed by atoms with Crippen LogP contribution in [0.5, 0.6) is 0 Å². The topological polar surface area (TPSA) is 65.1 Å². The van der Waals surface area contributed by atoms with Crippen molar-refractivity contribution in [2.24, 2.45) is 0 Å². The number of aromatic amines is 1. The molecule has 2 aromatic carbocycles. The molecule has 0 bridgehead atoms. The number of aryl methyl sites for hydroxylation is 1. The molecule has 0 saturated heterocycles. The third kappa shape index (κ3) is 3.60. The molecule has 0 aliphatic carbocycles. The van der Waals surface area contributed by atoms with Crippen LogP contribution in [-0.4, -0.2) is 22.1 Å². The number of H-pyrrole nitrogens is 1. The Bertz CT molecular complexity index is 806. The Balaban J connectivity index is 1.71. The molecule has 0 aliphatic rings. The van der Waals surface area contributed by atoms with Gasteiger partial charge in [-0.3, -0.25) is 4.79 Å². The molecule has 0 spiro atoms. The minimum Gasteiger partial charge on any atom is -0.480 e. The number of para-hydroxylation sites is 1. The summed E-state index contributed by atoms with van der Waals surface area (Å²) in [7, 11) is 0. The van der Waals surface area contributed by atoms with Crippen LogP contribution in [-0.2, 0) is 17.8 Å². The predicted molar refractivity (Wildman–Crippen MR) is 91.4 cm³/mol. The molecule has 0 aliphatic heterocycles. The van der Waals surface area contributed by atoms with Gasteiger partial charge in [-0.05, 0) is 24.1 Å². The Labute approximate surface area is 135 Å². The molecule has 3 aromatic rings. The number of hydrogen-bond acceptors (Lipinski definition) is 2. The molecule has 0 saturated carbocycles. The van der Waals surface area contributed by atoms with Crippen molar-refractivity contribution in [1.82, 2.24) is 10.3 Å². The zero-order valence-corrected chi connectivity index (χ0v) is 13.0. The van der Waals surface area contributed by atoms with Gasteiger partial charge in [0.1, 0.15) is 6.04 Å². The maximum Gasteiger partial charge on any atom is 0.321 e. The highest BCUT2D eigenvalue weighted by molar-refractivity contribution is 5.84. The summed E-state index contributed by atoms with van der Waals surface area (Å²) in [6.45, 7) is 2.58. The molecule has 1 unspecified atom stereocenters. The molecule has 1 heterocycles. The first kappa shape index (κ1) is 15.3. The number of aromatic nitrogens is 1. The first-order valence-electron chi connectivity index (χ1n) is 7.70. The number of carbonyl (C=O) groups is 1. The van der Waals surface area contributed by atoms with E-state index in [1.54, 1.807) is 0 Å². The number of benzene rings is 2. The van der Waals surface area contributed by atoms with E-state index in [4.69, 9.17) is 0 Å². The van der Waals surface area contributed by atoms with Gasteiger partial charge in [0.15, 0.2) is 0 Å². The van der Waals surface area contributed by atoms with Crippen LogP contribution in [0.15, 0.2) is 54.7 Å². The summed E-state index contributed by atoms with van der Waals surface area (Å²) in [5.41, 5.74) is 4.33. The van der Waals surface area contributed by atoms with Crippen LogP contribution in [0.2, 0.25) is 0 Å². The van der Waals surface area contributed by atoms with E-state index in [1.165, 1.54) is 5.56 Å². The van der Waals surface area contributed by atoms with Gasteiger partial charge >= 0.3 is 5.97 Å². The monoisotopic (exact) mass is 308 g/mol. The van der Waals surface area contributed by atoms with Crippen LogP contribution in [0.25, 0.3) is 10.9 Å². The lowest BCUT2D eigenvalue weighted by Crippen LogP contribution is -2.38. The quantitative estimate of drug-likeness (QED) is 0.655. The number of hydrogen-bond donors (Lipinski definition) is 3. The number of carboxylic acids is 1.